The highest BCUT2D eigenvalue weighted by Crippen LogP contribution is 2.14. The zero-order chi connectivity index (χ0) is 11.3. The first kappa shape index (κ1) is 12.5. The van der Waals surface area contributed by atoms with E-state index in [2.05, 4.69) is 0 Å². The first-order chi connectivity index (χ1) is 7.17. The largest absolute Gasteiger partial charge is 0.390 e. The standard InChI is InChI=1S/C12H17ClO2/c1-3-12(15-2)11(14)8-9-4-6-10(13)7-5-9/h4-7,11-12,14H,3,8H2,1-2H3. The Hall–Kier alpha value is -0.570. The molecular formula is C12H17ClO2. The third-order valence-electron chi connectivity index (χ3n) is 2.49. The molecule has 0 heterocycles. The predicted octanol–water partition coefficient (Wildman–Crippen LogP) is 2.67. The average Bonchev–Trinajstić information content (AvgIpc) is 2.23. The maximum absolute atomic E-state index is 9.87. The molecular weight excluding hydrogens is 212 g/mol. The number of methoxy groups -OCH3 is 1. The van der Waals surface area contributed by atoms with Gasteiger partial charge in [-0.3, -0.25) is 0 Å². The van der Waals surface area contributed by atoms with E-state index in [9.17, 15) is 5.11 Å². The van der Waals surface area contributed by atoms with E-state index in [0.717, 1.165) is 12.0 Å². The molecule has 2 nitrogen and oxygen atoms in total. The summed E-state index contributed by atoms with van der Waals surface area (Å²) in [6.07, 6.45) is 0.858. The minimum atomic E-state index is -0.457. The van der Waals surface area contributed by atoms with Crippen LogP contribution in [-0.2, 0) is 11.2 Å². The highest BCUT2D eigenvalue weighted by Gasteiger charge is 2.16. The van der Waals surface area contributed by atoms with Crippen molar-refractivity contribution in [2.75, 3.05) is 7.11 Å². The topological polar surface area (TPSA) is 29.5 Å². The van der Waals surface area contributed by atoms with Crippen LogP contribution in [-0.4, -0.2) is 24.4 Å². The third kappa shape index (κ3) is 3.82. The Morgan fingerprint density at radius 3 is 2.40 bits per heavy atom. The second-order valence-electron chi connectivity index (χ2n) is 3.58. The number of hydrogen-bond donors (Lipinski definition) is 1. The van der Waals surface area contributed by atoms with Gasteiger partial charge >= 0.3 is 0 Å². The van der Waals surface area contributed by atoms with Gasteiger partial charge in [-0.2, -0.15) is 0 Å². The van der Waals surface area contributed by atoms with Gasteiger partial charge in [-0.1, -0.05) is 30.7 Å². The van der Waals surface area contributed by atoms with Crippen molar-refractivity contribution >= 4 is 11.6 Å². The summed E-state index contributed by atoms with van der Waals surface area (Å²) in [6.45, 7) is 2.00. The molecule has 3 heteroatoms. The van der Waals surface area contributed by atoms with Gasteiger partial charge in [0.25, 0.3) is 0 Å². The van der Waals surface area contributed by atoms with Crippen LogP contribution in [0.4, 0.5) is 0 Å². The molecule has 0 saturated carbocycles. The lowest BCUT2D eigenvalue weighted by Crippen LogP contribution is -2.29. The molecule has 1 aromatic carbocycles. The van der Waals surface area contributed by atoms with Crippen LogP contribution in [0.3, 0.4) is 0 Å². The van der Waals surface area contributed by atoms with Crippen LogP contribution in [0.25, 0.3) is 0 Å². The quantitative estimate of drug-likeness (QED) is 0.840. The van der Waals surface area contributed by atoms with Gasteiger partial charge in [-0.15, -0.1) is 0 Å². The molecule has 15 heavy (non-hydrogen) atoms. The van der Waals surface area contributed by atoms with Gasteiger partial charge < -0.3 is 9.84 Å². The monoisotopic (exact) mass is 228 g/mol. The van der Waals surface area contributed by atoms with E-state index < -0.39 is 6.10 Å². The minimum absolute atomic E-state index is 0.0966. The highest BCUT2D eigenvalue weighted by molar-refractivity contribution is 6.30. The van der Waals surface area contributed by atoms with E-state index in [-0.39, 0.29) is 6.10 Å². The number of aliphatic hydroxyl groups excluding tert-OH is 1. The summed E-state index contributed by atoms with van der Waals surface area (Å²) < 4.78 is 5.18. The van der Waals surface area contributed by atoms with Crippen molar-refractivity contribution in [2.45, 2.75) is 32.0 Å². The normalized spacial score (nSPS) is 14.9. The van der Waals surface area contributed by atoms with Crippen LogP contribution in [0.2, 0.25) is 5.02 Å². The van der Waals surface area contributed by atoms with Gasteiger partial charge in [0, 0.05) is 18.6 Å². The molecule has 0 aliphatic rings. The predicted molar refractivity (Wildman–Crippen MR) is 62.3 cm³/mol. The van der Waals surface area contributed by atoms with Crippen molar-refractivity contribution in [1.29, 1.82) is 0 Å². The van der Waals surface area contributed by atoms with Crippen LogP contribution in [0, 0.1) is 0 Å². The number of ether oxygens (including phenoxy) is 1. The molecule has 0 saturated heterocycles. The summed E-state index contributed by atoms with van der Waals surface area (Å²) >= 11 is 5.78. The molecule has 0 bridgehead atoms. The Kier molecular flexibility index (Phi) is 5.09. The van der Waals surface area contributed by atoms with Crippen molar-refractivity contribution in [1.82, 2.24) is 0 Å². The number of rotatable bonds is 5. The molecule has 0 spiro atoms. The summed E-state index contributed by atoms with van der Waals surface area (Å²) in [7, 11) is 1.62. The van der Waals surface area contributed by atoms with Gasteiger partial charge in [0.1, 0.15) is 0 Å². The summed E-state index contributed by atoms with van der Waals surface area (Å²) in [5.41, 5.74) is 1.07. The van der Waals surface area contributed by atoms with Crippen molar-refractivity contribution in [3.63, 3.8) is 0 Å². The van der Waals surface area contributed by atoms with Crippen molar-refractivity contribution in [2.24, 2.45) is 0 Å². The fourth-order valence-corrected chi connectivity index (χ4v) is 1.72. The number of halogens is 1. The van der Waals surface area contributed by atoms with Gasteiger partial charge in [0.2, 0.25) is 0 Å². The van der Waals surface area contributed by atoms with E-state index >= 15 is 0 Å². The van der Waals surface area contributed by atoms with Crippen molar-refractivity contribution in [3.8, 4) is 0 Å². The molecule has 84 valence electrons. The molecule has 1 aromatic rings. The Bertz CT molecular complexity index is 280. The molecule has 0 aliphatic heterocycles. The summed E-state index contributed by atoms with van der Waals surface area (Å²) in [6, 6.07) is 7.51. The summed E-state index contributed by atoms with van der Waals surface area (Å²) in [5.74, 6) is 0. The number of hydrogen-bond acceptors (Lipinski definition) is 2. The maximum atomic E-state index is 9.87. The zero-order valence-corrected chi connectivity index (χ0v) is 9.87. The molecule has 1 rings (SSSR count). The Morgan fingerprint density at radius 1 is 1.33 bits per heavy atom. The lowest BCUT2D eigenvalue weighted by molar-refractivity contribution is -0.0128. The summed E-state index contributed by atoms with van der Waals surface area (Å²) in [5, 5.41) is 10.6. The minimum Gasteiger partial charge on any atom is -0.390 e. The molecule has 0 aromatic heterocycles. The van der Waals surface area contributed by atoms with E-state index in [0.29, 0.717) is 11.4 Å². The number of aliphatic hydroxyl groups is 1. The zero-order valence-electron chi connectivity index (χ0n) is 9.11. The second-order valence-corrected chi connectivity index (χ2v) is 4.02. The lowest BCUT2D eigenvalue weighted by Gasteiger charge is -2.20. The molecule has 0 amide bonds. The van der Waals surface area contributed by atoms with Crippen LogP contribution in [0.5, 0.6) is 0 Å². The lowest BCUT2D eigenvalue weighted by atomic mass is 10.0. The summed E-state index contributed by atoms with van der Waals surface area (Å²) in [4.78, 5) is 0. The fourth-order valence-electron chi connectivity index (χ4n) is 1.59. The maximum Gasteiger partial charge on any atom is 0.0841 e. The van der Waals surface area contributed by atoms with E-state index in [1.165, 1.54) is 0 Å². The van der Waals surface area contributed by atoms with E-state index in [4.69, 9.17) is 16.3 Å². The SMILES string of the molecule is CCC(OC)C(O)Cc1ccc(Cl)cc1. The van der Waals surface area contributed by atoms with Gasteiger partial charge in [0.05, 0.1) is 12.2 Å². The van der Waals surface area contributed by atoms with Gasteiger partial charge in [-0.05, 0) is 24.1 Å². The van der Waals surface area contributed by atoms with Crippen molar-refractivity contribution in [3.05, 3.63) is 34.9 Å². The van der Waals surface area contributed by atoms with E-state index in [1.54, 1.807) is 7.11 Å². The molecule has 0 fully saturated rings. The van der Waals surface area contributed by atoms with Gasteiger partial charge in [-0.25, -0.2) is 0 Å². The molecule has 0 aliphatic carbocycles. The Labute approximate surface area is 95.8 Å². The Balaban J connectivity index is 2.57. The van der Waals surface area contributed by atoms with Crippen LogP contribution in [0.1, 0.15) is 18.9 Å². The average molecular weight is 229 g/mol. The fraction of sp³-hybridized carbons (Fsp3) is 0.500. The Morgan fingerprint density at radius 2 is 1.93 bits per heavy atom. The molecule has 2 unspecified atom stereocenters. The first-order valence-corrected chi connectivity index (χ1v) is 5.50. The second kappa shape index (κ2) is 6.11. The van der Waals surface area contributed by atoms with Crippen LogP contribution in [0.15, 0.2) is 24.3 Å². The first-order valence-electron chi connectivity index (χ1n) is 5.12. The third-order valence-corrected chi connectivity index (χ3v) is 2.74. The molecule has 0 radical (unpaired) electrons. The van der Waals surface area contributed by atoms with Gasteiger partial charge in [0.15, 0.2) is 0 Å². The van der Waals surface area contributed by atoms with Crippen LogP contribution >= 0.6 is 11.6 Å². The molecule has 1 N–H and O–H groups in total. The van der Waals surface area contributed by atoms with Crippen LogP contribution < -0.4 is 0 Å². The smallest absolute Gasteiger partial charge is 0.0841 e. The van der Waals surface area contributed by atoms with E-state index in [1.807, 2.05) is 31.2 Å². The molecule has 2 atom stereocenters. The highest BCUT2D eigenvalue weighted by atomic mass is 35.5. The number of benzene rings is 1. The van der Waals surface area contributed by atoms with Crippen molar-refractivity contribution < 1.29 is 9.84 Å².